The monoisotopic (exact) mass is 448 g/mol. The number of fused-ring (bicyclic) bond motifs is 1. The molecular formula is C24H20N2O5S. The van der Waals surface area contributed by atoms with E-state index in [-0.39, 0.29) is 29.9 Å². The van der Waals surface area contributed by atoms with Crippen LogP contribution in [0, 0.1) is 0 Å². The summed E-state index contributed by atoms with van der Waals surface area (Å²) in [4.78, 5) is 50.2. The Morgan fingerprint density at radius 2 is 1.75 bits per heavy atom. The van der Waals surface area contributed by atoms with Crippen LogP contribution in [0.3, 0.4) is 0 Å². The van der Waals surface area contributed by atoms with Crippen molar-refractivity contribution in [3.8, 4) is 0 Å². The number of hydrogen-bond acceptors (Lipinski definition) is 6. The number of hydrogen-bond donors (Lipinski definition) is 1. The summed E-state index contributed by atoms with van der Waals surface area (Å²) in [6.07, 6.45) is 0.0194. The van der Waals surface area contributed by atoms with Gasteiger partial charge < -0.3 is 10.1 Å². The molecule has 0 aromatic heterocycles. The third-order valence-corrected chi connectivity index (χ3v) is 6.30. The topological polar surface area (TPSA) is 92.8 Å². The molecule has 1 heterocycles. The third-order valence-electron chi connectivity index (χ3n) is 5.10. The molecule has 0 spiro atoms. The van der Waals surface area contributed by atoms with Crippen LogP contribution in [-0.2, 0) is 19.1 Å². The number of methoxy groups -OCH3 is 1. The second kappa shape index (κ2) is 9.23. The number of imide groups is 1. The van der Waals surface area contributed by atoms with Gasteiger partial charge in [0.2, 0.25) is 17.7 Å². The highest BCUT2D eigenvalue weighted by Crippen LogP contribution is 2.30. The molecule has 3 amide bonds. The fraction of sp³-hybridized carbons (Fsp3) is 0.167. The molecule has 0 aliphatic carbocycles. The largest absolute Gasteiger partial charge is 0.465 e. The first-order valence-corrected chi connectivity index (χ1v) is 11.0. The molecule has 4 rings (SSSR count). The van der Waals surface area contributed by atoms with Crippen molar-refractivity contribution in [3.63, 3.8) is 0 Å². The number of nitrogens with zero attached hydrogens (tertiary/aromatic N) is 1. The molecular weight excluding hydrogens is 428 g/mol. The first-order chi connectivity index (χ1) is 15.5. The molecule has 0 radical (unpaired) electrons. The minimum absolute atomic E-state index is 0.0194. The second-order valence-corrected chi connectivity index (χ2v) is 8.41. The lowest BCUT2D eigenvalue weighted by molar-refractivity contribution is -0.121. The molecule has 0 unspecified atom stereocenters. The van der Waals surface area contributed by atoms with Gasteiger partial charge in [-0.1, -0.05) is 30.3 Å². The van der Waals surface area contributed by atoms with Crippen molar-refractivity contribution < 1.29 is 23.9 Å². The van der Waals surface area contributed by atoms with Gasteiger partial charge in [-0.15, -0.1) is 11.8 Å². The van der Waals surface area contributed by atoms with Crippen LogP contribution >= 0.6 is 11.8 Å². The number of thioether (sulfide) groups is 1. The number of carbonyl (C=O) groups excluding carboxylic acids is 4. The third kappa shape index (κ3) is 4.50. The van der Waals surface area contributed by atoms with Crippen molar-refractivity contribution in [2.24, 2.45) is 0 Å². The second-order valence-electron chi connectivity index (χ2n) is 7.22. The fourth-order valence-corrected chi connectivity index (χ4v) is 4.44. The number of amides is 3. The van der Waals surface area contributed by atoms with Crippen LogP contribution in [0.4, 0.5) is 11.4 Å². The van der Waals surface area contributed by atoms with Crippen molar-refractivity contribution in [3.05, 3.63) is 72.3 Å². The van der Waals surface area contributed by atoms with Gasteiger partial charge in [0.05, 0.1) is 29.4 Å². The van der Waals surface area contributed by atoms with Crippen molar-refractivity contribution in [1.82, 2.24) is 0 Å². The predicted octanol–water partition coefficient (Wildman–Crippen LogP) is 3.63. The standard InChI is InChI=1S/C24H20N2O5S/c1-31-24(30)16-7-10-19(11-8-16)26-22(28)13-20(23(26)29)32-14-21(27)25-18-9-6-15-4-2-3-5-17(15)12-18/h2-12,20H,13-14H2,1H3,(H,25,27)/t20-/m0/s1. The average molecular weight is 449 g/mol. The van der Waals surface area contributed by atoms with E-state index in [1.165, 1.54) is 31.4 Å². The van der Waals surface area contributed by atoms with Gasteiger partial charge >= 0.3 is 5.97 Å². The van der Waals surface area contributed by atoms with E-state index in [9.17, 15) is 19.2 Å². The molecule has 3 aromatic rings. The zero-order valence-corrected chi connectivity index (χ0v) is 18.1. The number of anilines is 2. The molecule has 32 heavy (non-hydrogen) atoms. The molecule has 1 aliphatic heterocycles. The summed E-state index contributed by atoms with van der Waals surface area (Å²) in [5.74, 6) is -1.41. The van der Waals surface area contributed by atoms with Crippen molar-refractivity contribution in [2.45, 2.75) is 11.7 Å². The number of esters is 1. The Bertz CT molecular complexity index is 1210. The average Bonchev–Trinajstić information content (AvgIpc) is 3.10. The normalized spacial score (nSPS) is 15.8. The van der Waals surface area contributed by atoms with Crippen molar-refractivity contribution in [1.29, 1.82) is 0 Å². The minimum Gasteiger partial charge on any atom is -0.465 e. The molecule has 3 aromatic carbocycles. The predicted molar refractivity (Wildman–Crippen MR) is 124 cm³/mol. The Morgan fingerprint density at radius 1 is 1.03 bits per heavy atom. The van der Waals surface area contributed by atoms with Crippen LogP contribution in [0.5, 0.6) is 0 Å². The summed E-state index contributed by atoms with van der Waals surface area (Å²) in [5, 5.41) is 4.30. The first-order valence-electron chi connectivity index (χ1n) is 9.91. The lowest BCUT2D eigenvalue weighted by Gasteiger charge is -2.15. The molecule has 0 saturated carbocycles. The van der Waals surface area contributed by atoms with Crippen LogP contribution in [-0.4, -0.2) is 41.8 Å². The Kier molecular flexibility index (Phi) is 6.23. The maximum atomic E-state index is 12.8. The first kappa shape index (κ1) is 21.6. The van der Waals surface area contributed by atoms with Crippen molar-refractivity contribution >= 4 is 57.6 Å². The molecule has 1 fully saturated rings. The Balaban J connectivity index is 1.36. The molecule has 0 bridgehead atoms. The lowest BCUT2D eigenvalue weighted by atomic mass is 10.1. The summed E-state index contributed by atoms with van der Waals surface area (Å²) >= 11 is 1.14. The van der Waals surface area contributed by atoms with E-state index >= 15 is 0 Å². The van der Waals surface area contributed by atoms with Gasteiger partial charge in [0.1, 0.15) is 0 Å². The quantitative estimate of drug-likeness (QED) is 0.457. The molecule has 1 saturated heterocycles. The number of rotatable bonds is 6. The lowest BCUT2D eigenvalue weighted by Crippen LogP contribution is -2.31. The van der Waals surface area contributed by atoms with E-state index in [4.69, 9.17) is 0 Å². The van der Waals surface area contributed by atoms with E-state index in [1.54, 1.807) is 0 Å². The number of nitrogens with one attached hydrogen (secondary N) is 1. The molecule has 1 aliphatic rings. The summed E-state index contributed by atoms with van der Waals surface area (Å²) in [6, 6.07) is 19.6. The number of benzene rings is 3. The fourth-order valence-electron chi connectivity index (χ4n) is 3.51. The van der Waals surface area contributed by atoms with Gasteiger partial charge in [0, 0.05) is 12.1 Å². The van der Waals surface area contributed by atoms with Crippen LogP contribution in [0.15, 0.2) is 66.7 Å². The van der Waals surface area contributed by atoms with Gasteiger partial charge in [-0.05, 0) is 47.2 Å². The summed E-state index contributed by atoms with van der Waals surface area (Å²) < 4.78 is 4.65. The molecule has 1 N–H and O–H groups in total. The van der Waals surface area contributed by atoms with Gasteiger partial charge in [0.25, 0.3) is 0 Å². The molecule has 162 valence electrons. The summed E-state index contributed by atoms with van der Waals surface area (Å²) in [7, 11) is 1.28. The van der Waals surface area contributed by atoms with Crippen LogP contribution in [0.25, 0.3) is 10.8 Å². The highest BCUT2D eigenvalue weighted by molar-refractivity contribution is 8.01. The number of carbonyl (C=O) groups is 4. The summed E-state index contributed by atoms with van der Waals surface area (Å²) in [5.41, 5.74) is 1.39. The zero-order valence-electron chi connectivity index (χ0n) is 17.2. The van der Waals surface area contributed by atoms with Gasteiger partial charge in [0.15, 0.2) is 0 Å². The molecule has 1 atom stereocenters. The highest BCUT2D eigenvalue weighted by atomic mass is 32.2. The highest BCUT2D eigenvalue weighted by Gasteiger charge is 2.40. The van der Waals surface area contributed by atoms with E-state index in [1.807, 2.05) is 42.5 Å². The zero-order chi connectivity index (χ0) is 22.7. The van der Waals surface area contributed by atoms with E-state index < -0.39 is 11.2 Å². The molecule has 7 nitrogen and oxygen atoms in total. The minimum atomic E-state index is -0.634. The van der Waals surface area contributed by atoms with Gasteiger partial charge in [-0.25, -0.2) is 9.69 Å². The molecule has 8 heteroatoms. The van der Waals surface area contributed by atoms with Gasteiger partial charge in [-0.3, -0.25) is 14.4 Å². The maximum Gasteiger partial charge on any atom is 0.337 e. The Morgan fingerprint density at radius 3 is 2.47 bits per heavy atom. The van der Waals surface area contributed by atoms with E-state index in [2.05, 4.69) is 10.1 Å². The van der Waals surface area contributed by atoms with E-state index in [0.717, 1.165) is 27.4 Å². The number of ether oxygens (including phenoxy) is 1. The summed E-state index contributed by atoms with van der Waals surface area (Å²) in [6.45, 7) is 0. The van der Waals surface area contributed by atoms with E-state index in [0.29, 0.717) is 16.9 Å². The van der Waals surface area contributed by atoms with Gasteiger partial charge in [-0.2, -0.15) is 0 Å². The van der Waals surface area contributed by atoms with Crippen molar-refractivity contribution in [2.75, 3.05) is 23.1 Å². The van der Waals surface area contributed by atoms with Crippen LogP contribution < -0.4 is 10.2 Å². The Hall–Kier alpha value is -3.65. The smallest absolute Gasteiger partial charge is 0.337 e. The Labute approximate surface area is 188 Å². The van der Waals surface area contributed by atoms with Crippen LogP contribution in [0.2, 0.25) is 0 Å². The van der Waals surface area contributed by atoms with Crippen LogP contribution in [0.1, 0.15) is 16.8 Å². The SMILES string of the molecule is COC(=O)c1ccc(N2C(=O)C[C@H](SCC(=O)Nc3ccc4ccccc4c3)C2=O)cc1. The maximum absolute atomic E-state index is 12.8.